The number of nitrogens with zero attached hydrogens (tertiary/aromatic N) is 2. The molecular formula is C10H12F3N3O6. The first kappa shape index (κ1) is 16.6. The molecule has 0 unspecified atom stereocenters. The largest absolute Gasteiger partial charge is 0.525 e. The Morgan fingerprint density at radius 2 is 2.18 bits per heavy atom. The van der Waals surface area contributed by atoms with Gasteiger partial charge in [-0.15, -0.1) is 13.2 Å². The number of ether oxygens (including phenoxy) is 2. The zero-order valence-corrected chi connectivity index (χ0v) is 10.8. The third-order valence-corrected chi connectivity index (χ3v) is 3.00. The Morgan fingerprint density at radius 1 is 1.55 bits per heavy atom. The van der Waals surface area contributed by atoms with Crippen LogP contribution in [0.15, 0.2) is 17.1 Å². The molecule has 0 spiro atoms. The number of hydrogen-bond donors (Lipinski definition) is 4. The fourth-order valence-electron chi connectivity index (χ4n) is 2.06. The highest BCUT2D eigenvalue weighted by Crippen LogP contribution is 2.42. The van der Waals surface area contributed by atoms with Crippen molar-refractivity contribution in [2.75, 3.05) is 12.3 Å². The number of aromatic nitrogens is 2. The number of aliphatic hydroxyl groups is 3. The van der Waals surface area contributed by atoms with Gasteiger partial charge in [-0.3, -0.25) is 9.30 Å². The second-order valence-corrected chi connectivity index (χ2v) is 4.50. The lowest BCUT2D eigenvalue weighted by Gasteiger charge is -2.31. The minimum absolute atomic E-state index is 0.209. The second kappa shape index (κ2) is 5.48. The van der Waals surface area contributed by atoms with Crippen molar-refractivity contribution in [3.05, 3.63) is 22.7 Å². The van der Waals surface area contributed by atoms with E-state index in [1.54, 1.807) is 0 Å². The van der Waals surface area contributed by atoms with Gasteiger partial charge < -0.3 is 25.8 Å². The molecule has 0 amide bonds. The quantitative estimate of drug-likeness (QED) is 0.482. The van der Waals surface area contributed by atoms with Crippen LogP contribution in [0.2, 0.25) is 0 Å². The van der Waals surface area contributed by atoms with E-state index in [-0.39, 0.29) is 5.82 Å². The number of alkyl halides is 3. The zero-order chi connectivity index (χ0) is 16.7. The van der Waals surface area contributed by atoms with E-state index in [0.717, 1.165) is 12.3 Å². The van der Waals surface area contributed by atoms with E-state index in [0.29, 0.717) is 4.57 Å². The summed E-state index contributed by atoms with van der Waals surface area (Å²) in [6.07, 6.45) is -10.4. The summed E-state index contributed by atoms with van der Waals surface area (Å²) in [6.45, 7) is -0.918. The minimum atomic E-state index is -5.34. The van der Waals surface area contributed by atoms with Gasteiger partial charge in [0.05, 0.1) is 6.61 Å². The summed E-state index contributed by atoms with van der Waals surface area (Å²) < 4.78 is 46.3. The molecule has 5 N–H and O–H groups in total. The van der Waals surface area contributed by atoms with Gasteiger partial charge in [-0.2, -0.15) is 4.98 Å². The van der Waals surface area contributed by atoms with Gasteiger partial charge in [0, 0.05) is 6.20 Å². The molecule has 0 radical (unpaired) electrons. The van der Waals surface area contributed by atoms with E-state index < -0.39 is 42.9 Å². The van der Waals surface area contributed by atoms with Crippen molar-refractivity contribution in [1.29, 1.82) is 0 Å². The predicted molar refractivity (Wildman–Crippen MR) is 62.0 cm³/mol. The lowest BCUT2D eigenvalue weighted by Crippen LogP contribution is -2.53. The first-order valence-corrected chi connectivity index (χ1v) is 5.87. The average Bonchev–Trinajstić information content (AvgIpc) is 2.60. The molecule has 1 saturated heterocycles. The van der Waals surface area contributed by atoms with Crippen LogP contribution in [0.25, 0.3) is 0 Å². The summed E-state index contributed by atoms with van der Waals surface area (Å²) in [6, 6.07) is 1.07. The zero-order valence-electron chi connectivity index (χ0n) is 10.8. The Labute approximate surface area is 120 Å². The van der Waals surface area contributed by atoms with Crippen molar-refractivity contribution in [2.45, 2.75) is 30.6 Å². The van der Waals surface area contributed by atoms with Gasteiger partial charge in [-0.05, 0) is 6.07 Å². The molecule has 9 nitrogen and oxygen atoms in total. The van der Waals surface area contributed by atoms with Gasteiger partial charge in [0.25, 0.3) is 0 Å². The smallest absolute Gasteiger partial charge is 0.394 e. The molecule has 12 heteroatoms. The number of hydrogen-bond acceptors (Lipinski definition) is 8. The van der Waals surface area contributed by atoms with Crippen molar-refractivity contribution in [1.82, 2.24) is 9.55 Å². The molecule has 1 aliphatic heterocycles. The second-order valence-electron chi connectivity index (χ2n) is 4.50. The molecule has 1 aromatic rings. The van der Waals surface area contributed by atoms with Crippen molar-refractivity contribution in [2.24, 2.45) is 0 Å². The van der Waals surface area contributed by atoms with Crippen LogP contribution in [0.4, 0.5) is 19.0 Å². The van der Waals surface area contributed by atoms with E-state index in [1.807, 2.05) is 0 Å². The maximum atomic E-state index is 12.5. The molecule has 2 heterocycles. The molecule has 1 aliphatic rings. The normalized spacial score (nSPS) is 32.4. The number of halogens is 3. The van der Waals surface area contributed by atoms with Crippen LogP contribution >= 0.6 is 0 Å². The van der Waals surface area contributed by atoms with E-state index in [1.165, 1.54) is 0 Å². The van der Waals surface area contributed by atoms with Gasteiger partial charge >= 0.3 is 12.1 Å². The van der Waals surface area contributed by atoms with E-state index in [9.17, 15) is 28.2 Å². The summed E-state index contributed by atoms with van der Waals surface area (Å²) in [7, 11) is 0. The molecule has 2 rings (SSSR count). The average molecular weight is 327 g/mol. The van der Waals surface area contributed by atoms with Crippen LogP contribution in [0.1, 0.15) is 6.23 Å². The SMILES string of the molecule is Nc1ccn([C@@H]2O[C@H](CO)[C@@H](O)[C@]2(O)OC(F)(F)F)c(=O)n1. The molecule has 0 saturated carbocycles. The topological polar surface area (TPSA) is 140 Å². The number of anilines is 1. The fourth-order valence-corrected chi connectivity index (χ4v) is 2.06. The number of nitrogen functional groups attached to an aromatic ring is 1. The Kier molecular flexibility index (Phi) is 4.14. The van der Waals surface area contributed by atoms with E-state index >= 15 is 0 Å². The molecular weight excluding hydrogens is 315 g/mol. The van der Waals surface area contributed by atoms with E-state index in [4.69, 9.17) is 15.6 Å². The minimum Gasteiger partial charge on any atom is -0.394 e. The van der Waals surface area contributed by atoms with Crippen LogP contribution in [0, 0.1) is 0 Å². The molecule has 0 bridgehead atoms. The van der Waals surface area contributed by atoms with Gasteiger partial charge in [-0.1, -0.05) is 0 Å². The Hall–Kier alpha value is -1.73. The van der Waals surface area contributed by atoms with Crippen LogP contribution in [-0.4, -0.2) is 55.8 Å². The summed E-state index contributed by atoms with van der Waals surface area (Å²) >= 11 is 0. The number of aliphatic hydroxyl groups excluding tert-OH is 2. The lowest BCUT2D eigenvalue weighted by molar-refractivity contribution is -0.433. The third kappa shape index (κ3) is 2.91. The molecule has 22 heavy (non-hydrogen) atoms. The fraction of sp³-hybridized carbons (Fsp3) is 0.600. The first-order valence-electron chi connectivity index (χ1n) is 5.87. The standard InChI is InChI=1S/C10H12F3N3O6/c11-10(12,13)22-9(20)6(18)4(3-17)21-7(9)16-2-1-5(14)15-8(16)19/h1-2,4,6-7,17-18,20H,3H2,(H2,14,15,19)/t4-,6-,7-,9+/m1/s1. The number of rotatable bonds is 3. The summed E-state index contributed by atoms with van der Waals surface area (Å²) in [4.78, 5) is 15.0. The van der Waals surface area contributed by atoms with Crippen molar-refractivity contribution < 1.29 is 38.0 Å². The van der Waals surface area contributed by atoms with E-state index in [2.05, 4.69) is 9.72 Å². The maximum absolute atomic E-state index is 12.5. The first-order chi connectivity index (χ1) is 10.1. The highest BCUT2D eigenvalue weighted by Gasteiger charge is 2.62. The maximum Gasteiger partial charge on any atom is 0.525 e. The molecule has 1 aromatic heterocycles. The molecule has 124 valence electrons. The molecule has 1 fully saturated rings. The summed E-state index contributed by atoms with van der Waals surface area (Å²) in [5.41, 5.74) is 4.11. The third-order valence-electron chi connectivity index (χ3n) is 3.00. The van der Waals surface area contributed by atoms with Crippen LogP contribution in [-0.2, 0) is 9.47 Å². The molecule has 0 aromatic carbocycles. The van der Waals surface area contributed by atoms with Crippen molar-refractivity contribution in [3.8, 4) is 0 Å². The van der Waals surface area contributed by atoms with Gasteiger partial charge in [0.2, 0.25) is 5.79 Å². The van der Waals surface area contributed by atoms with Crippen LogP contribution < -0.4 is 11.4 Å². The summed E-state index contributed by atoms with van der Waals surface area (Å²) in [5, 5.41) is 28.8. The van der Waals surface area contributed by atoms with Gasteiger partial charge in [0.1, 0.15) is 18.0 Å². The molecule has 0 aliphatic carbocycles. The highest BCUT2D eigenvalue weighted by atomic mass is 19.4. The molecule has 4 atom stereocenters. The highest BCUT2D eigenvalue weighted by molar-refractivity contribution is 5.23. The summed E-state index contributed by atoms with van der Waals surface area (Å²) in [5.74, 6) is -3.56. The van der Waals surface area contributed by atoms with Crippen molar-refractivity contribution in [3.63, 3.8) is 0 Å². The van der Waals surface area contributed by atoms with Crippen molar-refractivity contribution >= 4 is 5.82 Å². The predicted octanol–water partition coefficient (Wildman–Crippen LogP) is -1.70. The Bertz CT molecular complexity index is 608. The van der Waals surface area contributed by atoms with Gasteiger partial charge in [0.15, 0.2) is 6.23 Å². The van der Waals surface area contributed by atoms with Gasteiger partial charge in [-0.25, -0.2) is 4.79 Å². The monoisotopic (exact) mass is 327 g/mol. The van der Waals surface area contributed by atoms with Crippen LogP contribution in [0.3, 0.4) is 0 Å². The lowest BCUT2D eigenvalue weighted by atomic mass is 10.1. The Balaban J connectivity index is 2.48. The number of nitrogens with two attached hydrogens (primary N) is 1. The van der Waals surface area contributed by atoms with Crippen LogP contribution in [0.5, 0.6) is 0 Å². The Morgan fingerprint density at radius 3 is 2.68 bits per heavy atom.